The molecule has 0 saturated carbocycles. The lowest BCUT2D eigenvalue weighted by molar-refractivity contribution is 0.0136. The Bertz CT molecular complexity index is 768. The highest BCUT2D eigenvalue weighted by Crippen LogP contribution is 2.48. The van der Waals surface area contributed by atoms with Crippen LogP contribution in [0, 0.1) is 8.99 Å². The molecular formula is C21H28I2O3. The predicted molar refractivity (Wildman–Crippen MR) is 126 cm³/mol. The SMILES string of the molecule is COc1c(I)cc2ccccc2c1C(CO)(C(C)I)C(O)CC(C)(C)C. The number of fused-ring (bicyclic) bond motifs is 1. The van der Waals surface area contributed by atoms with E-state index >= 15 is 0 Å². The van der Waals surface area contributed by atoms with Gasteiger partial charge in [0.05, 0.1) is 28.8 Å². The van der Waals surface area contributed by atoms with Gasteiger partial charge in [0, 0.05) is 9.49 Å². The summed E-state index contributed by atoms with van der Waals surface area (Å²) in [5.74, 6) is 0.745. The highest BCUT2D eigenvalue weighted by atomic mass is 127. The van der Waals surface area contributed by atoms with Crippen molar-refractivity contribution in [2.75, 3.05) is 13.7 Å². The van der Waals surface area contributed by atoms with Crippen LogP contribution in [0.5, 0.6) is 5.75 Å². The van der Waals surface area contributed by atoms with Gasteiger partial charge >= 0.3 is 0 Å². The summed E-state index contributed by atoms with van der Waals surface area (Å²) in [6.07, 6.45) is -0.112. The van der Waals surface area contributed by atoms with Crippen LogP contribution in [0.2, 0.25) is 0 Å². The minimum atomic E-state index is -0.819. The van der Waals surface area contributed by atoms with Gasteiger partial charge in [0.1, 0.15) is 5.75 Å². The highest BCUT2D eigenvalue weighted by molar-refractivity contribution is 14.1. The molecule has 3 atom stereocenters. The van der Waals surface area contributed by atoms with Crippen LogP contribution in [0.15, 0.2) is 30.3 Å². The molecule has 0 aromatic heterocycles. The van der Waals surface area contributed by atoms with Crippen LogP contribution >= 0.6 is 45.2 Å². The fourth-order valence-electron chi connectivity index (χ4n) is 3.66. The maximum absolute atomic E-state index is 11.4. The summed E-state index contributed by atoms with van der Waals surface area (Å²) in [7, 11) is 1.66. The first kappa shape index (κ1) is 22.2. The summed E-state index contributed by atoms with van der Waals surface area (Å²) in [6.45, 7) is 8.24. The zero-order valence-electron chi connectivity index (χ0n) is 16.0. The molecule has 3 nitrogen and oxygen atoms in total. The summed E-state index contributed by atoms with van der Waals surface area (Å²) in [5.41, 5.74) is 0.0275. The minimum Gasteiger partial charge on any atom is -0.495 e. The van der Waals surface area contributed by atoms with Crippen LogP contribution in [0.1, 0.15) is 39.7 Å². The molecular weight excluding hydrogens is 554 g/mol. The number of methoxy groups -OCH3 is 1. The van der Waals surface area contributed by atoms with Crippen LogP contribution in [0.3, 0.4) is 0 Å². The van der Waals surface area contributed by atoms with Crippen LogP contribution in [-0.2, 0) is 5.41 Å². The van der Waals surface area contributed by atoms with Crippen LogP contribution in [0.4, 0.5) is 0 Å². The Kier molecular flexibility index (Phi) is 7.24. The van der Waals surface area contributed by atoms with Crippen molar-refractivity contribution >= 4 is 56.0 Å². The van der Waals surface area contributed by atoms with E-state index in [1.54, 1.807) is 7.11 Å². The number of hydrogen-bond acceptors (Lipinski definition) is 3. The van der Waals surface area contributed by atoms with E-state index in [2.05, 4.69) is 91.1 Å². The second-order valence-electron chi connectivity index (χ2n) is 8.08. The first-order chi connectivity index (χ1) is 12.1. The molecule has 0 aliphatic heterocycles. The maximum atomic E-state index is 11.4. The third kappa shape index (κ3) is 4.15. The van der Waals surface area contributed by atoms with E-state index in [4.69, 9.17) is 4.74 Å². The lowest BCUT2D eigenvalue weighted by atomic mass is 9.68. The van der Waals surface area contributed by atoms with Crippen molar-refractivity contribution in [3.8, 4) is 5.75 Å². The van der Waals surface area contributed by atoms with E-state index in [-0.39, 0.29) is 15.9 Å². The molecule has 0 bridgehead atoms. The zero-order valence-corrected chi connectivity index (χ0v) is 20.3. The number of aliphatic hydroxyl groups is 2. The van der Waals surface area contributed by atoms with E-state index in [0.29, 0.717) is 6.42 Å². The summed E-state index contributed by atoms with van der Waals surface area (Å²) < 4.78 is 6.77. The average Bonchev–Trinajstić information content (AvgIpc) is 2.53. The molecule has 0 aliphatic carbocycles. The van der Waals surface area contributed by atoms with Crippen molar-refractivity contribution in [3.63, 3.8) is 0 Å². The molecule has 0 fully saturated rings. The highest BCUT2D eigenvalue weighted by Gasteiger charge is 2.47. The van der Waals surface area contributed by atoms with Gasteiger partial charge in [-0.3, -0.25) is 0 Å². The number of halogens is 2. The lowest BCUT2D eigenvalue weighted by Gasteiger charge is -2.43. The molecule has 2 aromatic rings. The lowest BCUT2D eigenvalue weighted by Crippen LogP contribution is -2.50. The standard InChI is InChI=1S/C21H28I2O3/c1-13(22)21(12-24,17(25)11-20(2,3)4)18-15-9-7-6-8-14(15)10-16(23)19(18)26-5/h6-10,13,17,24-25H,11-12H2,1-5H3. The maximum Gasteiger partial charge on any atom is 0.136 e. The van der Waals surface area contributed by atoms with Crippen LogP contribution in [0.25, 0.3) is 10.8 Å². The predicted octanol–water partition coefficient (Wildman–Crippen LogP) is 5.30. The first-order valence-electron chi connectivity index (χ1n) is 8.77. The number of benzene rings is 2. The molecule has 0 heterocycles. The van der Waals surface area contributed by atoms with Gasteiger partial charge in [-0.25, -0.2) is 0 Å². The molecule has 0 radical (unpaired) electrons. The van der Waals surface area contributed by atoms with Crippen molar-refractivity contribution in [3.05, 3.63) is 39.5 Å². The zero-order chi connectivity index (χ0) is 19.7. The normalized spacial score (nSPS) is 17.0. The summed E-state index contributed by atoms with van der Waals surface area (Å²) in [6, 6.07) is 10.2. The van der Waals surface area contributed by atoms with Gasteiger partial charge in [0.2, 0.25) is 0 Å². The van der Waals surface area contributed by atoms with Crippen molar-refractivity contribution in [2.24, 2.45) is 5.41 Å². The van der Waals surface area contributed by atoms with Crippen molar-refractivity contribution in [1.82, 2.24) is 0 Å². The van der Waals surface area contributed by atoms with E-state index in [1.807, 2.05) is 12.1 Å². The number of rotatable bonds is 6. The number of ether oxygens (including phenoxy) is 1. The molecule has 2 aromatic carbocycles. The molecule has 2 N–H and O–H groups in total. The molecule has 0 aliphatic rings. The summed E-state index contributed by atoms with van der Waals surface area (Å²) >= 11 is 4.60. The van der Waals surface area contributed by atoms with Crippen LogP contribution < -0.4 is 4.74 Å². The second kappa shape index (κ2) is 8.49. The molecule has 26 heavy (non-hydrogen) atoms. The van der Waals surface area contributed by atoms with Gasteiger partial charge < -0.3 is 14.9 Å². The smallest absolute Gasteiger partial charge is 0.136 e. The van der Waals surface area contributed by atoms with Crippen molar-refractivity contribution in [2.45, 2.75) is 49.6 Å². The van der Waals surface area contributed by atoms with Crippen molar-refractivity contribution in [1.29, 1.82) is 0 Å². The molecule has 0 saturated heterocycles. The average molecular weight is 582 g/mol. The molecule has 0 spiro atoms. The Morgan fingerprint density at radius 1 is 1.19 bits per heavy atom. The Hall–Kier alpha value is -0.120. The number of aliphatic hydroxyl groups excluding tert-OH is 2. The molecule has 2 rings (SSSR count). The quantitative estimate of drug-likeness (QED) is 0.359. The molecule has 5 heteroatoms. The van der Waals surface area contributed by atoms with Gasteiger partial charge in [0.25, 0.3) is 0 Å². The van der Waals surface area contributed by atoms with E-state index in [1.165, 1.54) is 0 Å². The minimum absolute atomic E-state index is 0.00189. The Balaban J connectivity index is 2.88. The molecule has 144 valence electrons. The molecule has 0 amide bonds. The van der Waals surface area contributed by atoms with Gasteiger partial charge in [-0.15, -0.1) is 0 Å². The van der Waals surface area contributed by atoms with E-state index < -0.39 is 11.5 Å². The fraction of sp³-hybridized carbons (Fsp3) is 0.524. The van der Waals surface area contributed by atoms with Gasteiger partial charge in [0.15, 0.2) is 0 Å². The summed E-state index contributed by atoms with van der Waals surface area (Å²) in [5, 5.41) is 24.1. The summed E-state index contributed by atoms with van der Waals surface area (Å²) in [4.78, 5) is 0. The largest absolute Gasteiger partial charge is 0.495 e. The Morgan fingerprint density at radius 2 is 1.81 bits per heavy atom. The van der Waals surface area contributed by atoms with Gasteiger partial charge in [-0.05, 0) is 51.3 Å². The van der Waals surface area contributed by atoms with Crippen molar-refractivity contribution < 1.29 is 14.9 Å². The van der Waals surface area contributed by atoms with E-state index in [9.17, 15) is 10.2 Å². The monoisotopic (exact) mass is 582 g/mol. The van der Waals surface area contributed by atoms with Gasteiger partial charge in [-0.1, -0.05) is 74.6 Å². The van der Waals surface area contributed by atoms with E-state index in [0.717, 1.165) is 25.7 Å². The third-order valence-electron chi connectivity index (χ3n) is 5.00. The number of alkyl halides is 1. The molecule has 3 unspecified atom stereocenters. The number of hydrogen-bond donors (Lipinski definition) is 2. The Morgan fingerprint density at radius 3 is 2.31 bits per heavy atom. The second-order valence-corrected chi connectivity index (χ2v) is 11.1. The Labute approximate surface area is 183 Å². The van der Waals surface area contributed by atoms with Gasteiger partial charge in [-0.2, -0.15) is 0 Å². The first-order valence-corrected chi connectivity index (χ1v) is 11.1. The fourth-order valence-corrected chi connectivity index (χ4v) is 5.41. The topological polar surface area (TPSA) is 49.7 Å². The third-order valence-corrected chi connectivity index (χ3v) is 6.91. The van der Waals surface area contributed by atoms with Crippen LogP contribution in [-0.4, -0.2) is 34.0 Å².